The van der Waals surface area contributed by atoms with Gasteiger partial charge in [-0.1, -0.05) is 30.3 Å². The van der Waals surface area contributed by atoms with Crippen molar-refractivity contribution in [2.45, 2.75) is 56.6 Å². The zero-order valence-electron chi connectivity index (χ0n) is 11.8. The Morgan fingerprint density at radius 2 is 1.81 bits per heavy atom. The van der Waals surface area contributed by atoms with Crippen molar-refractivity contribution in [2.75, 3.05) is 0 Å². The fraction of sp³-hybridized carbons (Fsp3) is 0.562. The Morgan fingerprint density at radius 1 is 1.19 bits per heavy atom. The van der Waals surface area contributed by atoms with Gasteiger partial charge in [-0.3, -0.25) is 0 Å². The highest BCUT2D eigenvalue weighted by atomic mass is 19.1. The van der Waals surface area contributed by atoms with Gasteiger partial charge in [0, 0.05) is 12.1 Å². The molecule has 1 N–H and O–H groups in total. The molecule has 2 aliphatic rings. The van der Waals surface area contributed by atoms with Crippen LogP contribution < -0.4 is 0 Å². The average molecular weight is 293 g/mol. The van der Waals surface area contributed by atoms with Crippen LogP contribution in [0.3, 0.4) is 0 Å². The Balaban J connectivity index is 1.62. The molecule has 1 aromatic rings. The molecule has 2 saturated heterocycles. The number of ether oxygens (including phenoxy) is 1. The van der Waals surface area contributed by atoms with E-state index in [4.69, 9.17) is 4.74 Å². The second-order valence-corrected chi connectivity index (χ2v) is 5.96. The molecule has 0 spiro atoms. The van der Waals surface area contributed by atoms with Gasteiger partial charge in [-0.25, -0.2) is 9.18 Å². The molecule has 2 fully saturated rings. The summed E-state index contributed by atoms with van der Waals surface area (Å²) in [6, 6.07) is 9.41. The lowest BCUT2D eigenvalue weighted by molar-refractivity contribution is -0.0695. The van der Waals surface area contributed by atoms with Crippen LogP contribution in [0.2, 0.25) is 0 Å². The van der Waals surface area contributed by atoms with Crippen LogP contribution in [0.1, 0.15) is 31.2 Å². The van der Waals surface area contributed by atoms with Gasteiger partial charge in [-0.15, -0.1) is 0 Å². The van der Waals surface area contributed by atoms with Crippen molar-refractivity contribution in [1.82, 2.24) is 4.90 Å². The van der Waals surface area contributed by atoms with Crippen molar-refractivity contribution in [1.29, 1.82) is 0 Å². The van der Waals surface area contributed by atoms with Gasteiger partial charge in [-0.2, -0.15) is 0 Å². The first-order valence-electron chi connectivity index (χ1n) is 7.44. The molecule has 4 nitrogen and oxygen atoms in total. The molecule has 2 aliphatic heterocycles. The van der Waals surface area contributed by atoms with Crippen LogP contribution in [0.5, 0.6) is 0 Å². The molecule has 114 valence electrons. The van der Waals surface area contributed by atoms with Gasteiger partial charge in [-0.05, 0) is 31.2 Å². The van der Waals surface area contributed by atoms with Gasteiger partial charge < -0.3 is 14.7 Å². The van der Waals surface area contributed by atoms with Gasteiger partial charge in [0.05, 0.1) is 12.7 Å². The normalized spacial score (nSPS) is 32.0. The zero-order valence-corrected chi connectivity index (χ0v) is 11.8. The number of carboxylic acid groups (broad SMARTS) is 1. The van der Waals surface area contributed by atoms with Crippen LogP contribution >= 0.6 is 0 Å². The summed E-state index contributed by atoms with van der Waals surface area (Å²) in [6.07, 6.45) is -0.0129. The first-order chi connectivity index (χ1) is 10.1. The molecule has 1 aromatic carbocycles. The summed E-state index contributed by atoms with van der Waals surface area (Å²) >= 11 is 0. The molecule has 2 heterocycles. The molecule has 2 unspecified atom stereocenters. The van der Waals surface area contributed by atoms with Crippen molar-refractivity contribution in [3.8, 4) is 0 Å². The molecule has 5 heteroatoms. The van der Waals surface area contributed by atoms with Crippen molar-refractivity contribution in [3.63, 3.8) is 0 Å². The van der Waals surface area contributed by atoms with Gasteiger partial charge in [0.25, 0.3) is 0 Å². The summed E-state index contributed by atoms with van der Waals surface area (Å²) in [6.45, 7) is 0.525. The predicted molar refractivity (Wildman–Crippen MR) is 75.8 cm³/mol. The number of benzene rings is 1. The van der Waals surface area contributed by atoms with E-state index in [9.17, 15) is 14.3 Å². The Bertz CT molecular complexity index is 480. The highest BCUT2D eigenvalue weighted by Gasteiger charge is 2.44. The van der Waals surface area contributed by atoms with E-state index in [1.165, 1.54) is 4.90 Å². The molecule has 2 atom stereocenters. The van der Waals surface area contributed by atoms with E-state index in [2.05, 4.69) is 0 Å². The van der Waals surface area contributed by atoms with E-state index in [0.717, 1.165) is 5.56 Å². The van der Waals surface area contributed by atoms with Gasteiger partial charge in [0.1, 0.15) is 6.17 Å². The number of alkyl halides is 1. The third-order valence-corrected chi connectivity index (χ3v) is 4.46. The van der Waals surface area contributed by atoms with E-state index in [-0.39, 0.29) is 18.2 Å². The highest BCUT2D eigenvalue weighted by molar-refractivity contribution is 5.66. The number of fused-ring (bicyclic) bond motifs is 2. The minimum Gasteiger partial charge on any atom is -0.465 e. The molecular formula is C16H20FNO3. The van der Waals surface area contributed by atoms with Crippen molar-refractivity contribution < 1.29 is 19.0 Å². The SMILES string of the molecule is O=C(O)N1C2CC(F)CC1CC(OCc1ccccc1)C2. The Hall–Kier alpha value is -1.62. The first kappa shape index (κ1) is 14.3. The topological polar surface area (TPSA) is 49.8 Å². The number of hydrogen-bond acceptors (Lipinski definition) is 2. The molecule has 0 radical (unpaired) electrons. The highest BCUT2D eigenvalue weighted by Crippen LogP contribution is 2.36. The number of nitrogens with zero attached hydrogens (tertiary/aromatic N) is 1. The maximum absolute atomic E-state index is 13.7. The van der Waals surface area contributed by atoms with E-state index in [1.54, 1.807) is 0 Å². The summed E-state index contributed by atoms with van der Waals surface area (Å²) in [7, 11) is 0. The Morgan fingerprint density at radius 3 is 2.38 bits per heavy atom. The van der Waals surface area contributed by atoms with Crippen LogP contribution in [0, 0.1) is 0 Å². The summed E-state index contributed by atoms with van der Waals surface area (Å²) in [4.78, 5) is 12.8. The molecule has 3 rings (SSSR count). The van der Waals surface area contributed by atoms with Crippen LogP contribution in [0.25, 0.3) is 0 Å². The number of piperidine rings is 2. The van der Waals surface area contributed by atoms with Crippen LogP contribution in [0.15, 0.2) is 30.3 Å². The molecule has 21 heavy (non-hydrogen) atoms. The summed E-state index contributed by atoms with van der Waals surface area (Å²) in [5, 5.41) is 9.29. The number of hydrogen-bond donors (Lipinski definition) is 1. The minimum absolute atomic E-state index is 0.0170. The maximum Gasteiger partial charge on any atom is 0.407 e. The van der Waals surface area contributed by atoms with Crippen molar-refractivity contribution >= 4 is 6.09 Å². The first-order valence-corrected chi connectivity index (χ1v) is 7.44. The Labute approximate surface area is 123 Å². The van der Waals surface area contributed by atoms with E-state index in [1.807, 2.05) is 30.3 Å². The second kappa shape index (κ2) is 6.02. The predicted octanol–water partition coefficient (Wildman–Crippen LogP) is 3.21. The quantitative estimate of drug-likeness (QED) is 0.931. The number of amides is 1. The largest absolute Gasteiger partial charge is 0.465 e. The van der Waals surface area contributed by atoms with E-state index in [0.29, 0.717) is 32.3 Å². The summed E-state index contributed by atoms with van der Waals surface area (Å²) in [5.41, 5.74) is 1.10. The van der Waals surface area contributed by atoms with Gasteiger partial charge >= 0.3 is 6.09 Å². The third kappa shape index (κ3) is 3.18. The van der Waals surface area contributed by atoms with Crippen LogP contribution in [0.4, 0.5) is 9.18 Å². The standard InChI is InChI=1S/C16H20FNO3/c17-12-6-13-8-15(9-14(7-12)18(13)16(19)20)21-10-11-4-2-1-3-5-11/h1-5,12-15H,6-10H2,(H,19,20). The van der Waals surface area contributed by atoms with Gasteiger partial charge in [0.15, 0.2) is 0 Å². The van der Waals surface area contributed by atoms with E-state index < -0.39 is 12.3 Å². The fourth-order valence-corrected chi connectivity index (χ4v) is 3.57. The smallest absolute Gasteiger partial charge is 0.407 e. The lowest BCUT2D eigenvalue weighted by atomic mass is 9.82. The number of rotatable bonds is 3. The fourth-order valence-electron chi connectivity index (χ4n) is 3.57. The minimum atomic E-state index is -0.932. The number of halogens is 1. The lowest BCUT2D eigenvalue weighted by Crippen LogP contribution is -2.58. The second-order valence-electron chi connectivity index (χ2n) is 5.96. The molecular weight excluding hydrogens is 273 g/mol. The summed E-state index contributed by atoms with van der Waals surface area (Å²) < 4.78 is 19.6. The molecule has 2 bridgehead atoms. The van der Waals surface area contributed by atoms with Crippen molar-refractivity contribution in [2.24, 2.45) is 0 Å². The molecule has 0 aromatic heterocycles. The zero-order chi connectivity index (χ0) is 14.8. The molecule has 0 aliphatic carbocycles. The van der Waals surface area contributed by atoms with Crippen LogP contribution in [-0.2, 0) is 11.3 Å². The monoisotopic (exact) mass is 293 g/mol. The average Bonchev–Trinajstić information content (AvgIpc) is 2.44. The van der Waals surface area contributed by atoms with Gasteiger partial charge in [0.2, 0.25) is 0 Å². The van der Waals surface area contributed by atoms with Crippen LogP contribution in [-0.4, -0.2) is 40.5 Å². The lowest BCUT2D eigenvalue weighted by Gasteiger charge is -2.48. The summed E-state index contributed by atoms with van der Waals surface area (Å²) in [5.74, 6) is 0. The number of carbonyl (C=O) groups is 1. The third-order valence-electron chi connectivity index (χ3n) is 4.46. The Kier molecular flexibility index (Phi) is 4.10. The molecule has 1 amide bonds. The van der Waals surface area contributed by atoms with Crippen molar-refractivity contribution in [3.05, 3.63) is 35.9 Å². The molecule has 0 saturated carbocycles. The maximum atomic E-state index is 13.7. The van der Waals surface area contributed by atoms with E-state index >= 15 is 0 Å².